The molecule has 0 bridgehead atoms. The Balaban J connectivity index is 2.33. The van der Waals surface area contributed by atoms with Crippen molar-refractivity contribution in [2.24, 2.45) is 5.11 Å². The van der Waals surface area contributed by atoms with Gasteiger partial charge in [0.1, 0.15) is 31.2 Å². The summed E-state index contributed by atoms with van der Waals surface area (Å²) >= 11 is 0. The lowest BCUT2D eigenvalue weighted by Gasteiger charge is -2.47. The number of nitrogens with one attached hydrogen (secondary N) is 1. The first-order chi connectivity index (χ1) is 17.2. The summed E-state index contributed by atoms with van der Waals surface area (Å²) < 4.78 is 21.6. The molecule has 1 aliphatic heterocycles. The number of carbonyl (C=O) groups is 2. The highest BCUT2D eigenvalue weighted by atomic mass is 16.7. The highest BCUT2D eigenvalue weighted by Gasteiger charge is 2.56. The van der Waals surface area contributed by atoms with Crippen molar-refractivity contribution in [1.29, 1.82) is 0 Å². The van der Waals surface area contributed by atoms with Crippen LogP contribution in [0.5, 0.6) is 5.75 Å². The number of carbonyl (C=O) groups excluding carboxylic acids is 2. The molecular formula is C22H28N4O10. The molecule has 1 aliphatic rings. The largest absolute Gasteiger partial charge is 0.481 e. The van der Waals surface area contributed by atoms with Crippen molar-refractivity contribution >= 4 is 11.9 Å². The Morgan fingerprint density at radius 2 is 2.08 bits per heavy atom. The Morgan fingerprint density at radius 1 is 1.39 bits per heavy atom. The number of aliphatic hydroxyl groups is 4. The lowest BCUT2D eigenvalue weighted by Crippen LogP contribution is -2.68. The van der Waals surface area contributed by atoms with Gasteiger partial charge in [-0.1, -0.05) is 23.2 Å². The van der Waals surface area contributed by atoms with Crippen LogP contribution in [0.4, 0.5) is 0 Å². The number of ether oxygens (including phenoxy) is 4. The van der Waals surface area contributed by atoms with E-state index in [0.29, 0.717) is 11.3 Å². The fourth-order valence-corrected chi connectivity index (χ4v) is 3.55. The van der Waals surface area contributed by atoms with Gasteiger partial charge in [-0.15, -0.1) is 6.42 Å². The number of nitrogens with zero attached hydrogens (tertiary/aromatic N) is 3. The van der Waals surface area contributed by atoms with Gasteiger partial charge in [-0.05, 0) is 23.2 Å². The molecule has 1 amide bonds. The number of hydrogen-bond donors (Lipinski definition) is 5. The van der Waals surface area contributed by atoms with E-state index >= 15 is 0 Å². The summed E-state index contributed by atoms with van der Waals surface area (Å²) in [6.07, 6.45) is -2.14. The predicted molar refractivity (Wildman–Crippen MR) is 121 cm³/mol. The van der Waals surface area contributed by atoms with E-state index in [0.717, 1.165) is 7.11 Å². The third kappa shape index (κ3) is 7.30. The lowest BCUT2D eigenvalue weighted by atomic mass is 9.88. The second-order valence-corrected chi connectivity index (χ2v) is 7.75. The van der Waals surface area contributed by atoms with Crippen LogP contribution in [0.3, 0.4) is 0 Å². The van der Waals surface area contributed by atoms with Crippen molar-refractivity contribution in [2.45, 2.75) is 49.3 Å². The Kier molecular flexibility index (Phi) is 10.9. The lowest BCUT2D eigenvalue weighted by molar-refractivity contribution is -0.315. The van der Waals surface area contributed by atoms with Crippen molar-refractivity contribution in [2.75, 3.05) is 26.9 Å². The van der Waals surface area contributed by atoms with Crippen LogP contribution < -0.4 is 10.1 Å². The average molecular weight is 508 g/mol. The van der Waals surface area contributed by atoms with Crippen LogP contribution in [0.1, 0.15) is 12.0 Å². The van der Waals surface area contributed by atoms with E-state index < -0.39 is 67.7 Å². The number of hydrogen-bond acceptors (Lipinski definition) is 11. The zero-order chi connectivity index (χ0) is 26.7. The Morgan fingerprint density at radius 3 is 2.67 bits per heavy atom. The monoisotopic (exact) mass is 508 g/mol. The van der Waals surface area contributed by atoms with Crippen molar-refractivity contribution in [3.63, 3.8) is 0 Å². The van der Waals surface area contributed by atoms with Crippen molar-refractivity contribution in [3.8, 4) is 18.1 Å². The highest BCUT2D eigenvalue weighted by Crippen LogP contribution is 2.35. The maximum Gasteiger partial charge on any atom is 0.366 e. The number of amides is 1. The van der Waals surface area contributed by atoms with E-state index in [4.69, 9.17) is 36.0 Å². The van der Waals surface area contributed by atoms with Gasteiger partial charge in [-0.2, -0.15) is 0 Å². The van der Waals surface area contributed by atoms with Crippen LogP contribution in [0.25, 0.3) is 10.4 Å². The molecule has 5 N–H and O–H groups in total. The summed E-state index contributed by atoms with van der Waals surface area (Å²) in [5.74, 6) is -1.38. The van der Waals surface area contributed by atoms with Crippen molar-refractivity contribution in [1.82, 2.24) is 5.32 Å². The minimum Gasteiger partial charge on any atom is -0.481 e. The molecular weight excluding hydrogens is 480 g/mol. The molecule has 14 heteroatoms. The van der Waals surface area contributed by atoms with E-state index in [2.05, 4.69) is 21.3 Å². The van der Waals surface area contributed by atoms with E-state index in [9.17, 15) is 24.9 Å². The summed E-state index contributed by atoms with van der Waals surface area (Å²) in [6, 6.07) is 5.13. The first-order valence-electron chi connectivity index (χ1n) is 10.7. The smallest absolute Gasteiger partial charge is 0.366 e. The van der Waals surface area contributed by atoms with Gasteiger partial charge in [0.2, 0.25) is 5.91 Å². The number of azide groups is 1. The predicted octanol–water partition coefficient (Wildman–Crippen LogP) is -1.26. The number of terminal acetylenes is 1. The fourth-order valence-electron chi connectivity index (χ4n) is 3.55. The highest BCUT2D eigenvalue weighted by molar-refractivity contribution is 5.79. The van der Waals surface area contributed by atoms with E-state index in [1.807, 2.05) is 0 Å². The molecule has 14 nitrogen and oxygen atoms in total. The van der Waals surface area contributed by atoms with Crippen LogP contribution in [0.15, 0.2) is 29.4 Å². The van der Waals surface area contributed by atoms with Crippen LogP contribution >= 0.6 is 0 Å². The summed E-state index contributed by atoms with van der Waals surface area (Å²) in [5, 5.41) is 46.3. The SMILES string of the molecule is C#CCOc1ccc(CO[C@]2(C(=O)OC)C[C@H](O)[C@@H](NC(=O)CO)[C@H]([C@H](O)[C@H](O)CN=[N+]=[N-])O2)cc1. The molecule has 1 saturated heterocycles. The molecule has 0 aliphatic carbocycles. The van der Waals surface area contributed by atoms with Gasteiger partial charge in [0.05, 0.1) is 38.5 Å². The molecule has 0 aromatic heterocycles. The molecule has 0 saturated carbocycles. The van der Waals surface area contributed by atoms with E-state index in [1.54, 1.807) is 24.3 Å². The number of esters is 1. The van der Waals surface area contributed by atoms with Gasteiger partial charge in [0, 0.05) is 11.3 Å². The van der Waals surface area contributed by atoms with Crippen LogP contribution in [0.2, 0.25) is 0 Å². The number of benzene rings is 1. The third-order valence-electron chi connectivity index (χ3n) is 5.32. The zero-order valence-corrected chi connectivity index (χ0v) is 19.4. The quantitative estimate of drug-likeness (QED) is 0.0743. The fraction of sp³-hybridized carbons (Fsp3) is 0.545. The van der Waals surface area contributed by atoms with Gasteiger partial charge in [-0.3, -0.25) is 4.79 Å². The van der Waals surface area contributed by atoms with Crippen LogP contribution in [-0.2, 0) is 30.4 Å². The Bertz CT molecular complexity index is 978. The van der Waals surface area contributed by atoms with Gasteiger partial charge < -0.3 is 44.7 Å². The summed E-state index contributed by atoms with van der Waals surface area (Å²) in [6.45, 7) is -1.65. The van der Waals surface area contributed by atoms with Gasteiger partial charge >= 0.3 is 5.97 Å². The minimum atomic E-state index is -2.25. The summed E-state index contributed by atoms with van der Waals surface area (Å²) in [5.41, 5.74) is 9.06. The van der Waals surface area contributed by atoms with E-state index in [1.165, 1.54) is 0 Å². The molecule has 196 valence electrons. The van der Waals surface area contributed by atoms with Crippen molar-refractivity contribution < 1.29 is 49.0 Å². The number of aliphatic hydroxyl groups excluding tert-OH is 4. The van der Waals surface area contributed by atoms with Gasteiger partial charge in [0.25, 0.3) is 5.79 Å². The van der Waals surface area contributed by atoms with Gasteiger partial charge in [-0.25, -0.2) is 4.79 Å². The van der Waals surface area contributed by atoms with Gasteiger partial charge in [0.15, 0.2) is 0 Å². The molecule has 0 spiro atoms. The van der Waals surface area contributed by atoms with Crippen LogP contribution in [-0.4, -0.2) is 95.4 Å². The molecule has 36 heavy (non-hydrogen) atoms. The molecule has 6 atom stereocenters. The first kappa shape index (κ1) is 28.8. The minimum absolute atomic E-state index is 0.0796. The Hall–Kier alpha value is -3.41. The normalized spacial score (nSPS) is 24.9. The molecule has 0 unspecified atom stereocenters. The molecule has 1 heterocycles. The third-order valence-corrected chi connectivity index (χ3v) is 5.32. The number of rotatable bonds is 12. The Labute approximate surface area is 206 Å². The first-order valence-corrected chi connectivity index (χ1v) is 10.7. The molecule has 1 aromatic carbocycles. The maximum absolute atomic E-state index is 12.8. The average Bonchev–Trinajstić information content (AvgIpc) is 2.89. The second kappa shape index (κ2) is 13.6. The second-order valence-electron chi connectivity index (χ2n) is 7.75. The van der Waals surface area contributed by atoms with E-state index in [-0.39, 0.29) is 13.2 Å². The summed E-state index contributed by atoms with van der Waals surface area (Å²) in [4.78, 5) is 27.1. The van der Waals surface area contributed by atoms with Crippen molar-refractivity contribution in [3.05, 3.63) is 40.3 Å². The molecule has 1 fully saturated rings. The molecule has 0 radical (unpaired) electrons. The standard InChI is InChI=1S/C22H28N4O10/c1-3-8-34-14-6-4-13(5-7-14)12-35-22(21(32)33-2)9-15(28)18(25-17(30)11-27)20(36-22)19(31)16(29)10-24-26-23/h1,4-7,15-16,18-20,27-29,31H,8-12H2,2H3,(H,25,30)/t15-,16+,18+,19+,20+,22+/m0/s1. The topological polar surface area (TPSA) is 213 Å². The summed E-state index contributed by atoms with van der Waals surface area (Å²) in [7, 11) is 1.06. The molecule has 2 rings (SSSR count). The number of methoxy groups -OCH3 is 1. The maximum atomic E-state index is 12.8. The molecule has 1 aromatic rings. The zero-order valence-electron chi connectivity index (χ0n) is 19.4. The van der Waals surface area contributed by atoms with Crippen LogP contribution in [0, 0.1) is 12.3 Å².